The highest BCUT2D eigenvalue weighted by molar-refractivity contribution is 5.87. The minimum Gasteiger partial charge on any atom is -0.310 e. The van der Waals surface area contributed by atoms with Crippen LogP contribution in [0.2, 0.25) is 0 Å². The molecular weight excluding hydrogens is 295 g/mol. The van der Waals surface area contributed by atoms with E-state index < -0.39 is 0 Å². The molecule has 0 aliphatic rings. The number of aromatic nitrogens is 3. The third kappa shape index (κ3) is 3.55. The van der Waals surface area contributed by atoms with Crippen LogP contribution in [0.1, 0.15) is 6.92 Å². The SMILES string of the molecule is CC(=O)Nc1cnc(-c2ccnc(-c3cccc(F)c3)c2)cn1. The zero-order valence-electron chi connectivity index (χ0n) is 12.3. The zero-order valence-corrected chi connectivity index (χ0v) is 12.3. The fourth-order valence-electron chi connectivity index (χ4n) is 2.12. The molecule has 3 aromatic rings. The minimum atomic E-state index is -0.311. The van der Waals surface area contributed by atoms with Crippen LogP contribution in [0.5, 0.6) is 0 Å². The summed E-state index contributed by atoms with van der Waals surface area (Å²) in [6, 6.07) is 9.86. The molecule has 2 heterocycles. The van der Waals surface area contributed by atoms with Crippen molar-refractivity contribution in [3.8, 4) is 22.5 Å². The van der Waals surface area contributed by atoms with Crippen molar-refractivity contribution >= 4 is 11.7 Å². The topological polar surface area (TPSA) is 67.8 Å². The molecule has 6 heteroatoms. The molecular formula is C17H13FN4O. The molecule has 114 valence electrons. The third-order valence-corrected chi connectivity index (χ3v) is 3.13. The average molecular weight is 308 g/mol. The van der Waals surface area contributed by atoms with Gasteiger partial charge in [0.25, 0.3) is 0 Å². The second kappa shape index (κ2) is 6.31. The average Bonchev–Trinajstić information content (AvgIpc) is 2.55. The van der Waals surface area contributed by atoms with E-state index in [1.807, 2.05) is 6.07 Å². The van der Waals surface area contributed by atoms with Crippen molar-refractivity contribution in [2.24, 2.45) is 0 Å². The number of halogens is 1. The van der Waals surface area contributed by atoms with E-state index in [1.54, 1.807) is 30.6 Å². The molecule has 0 unspecified atom stereocenters. The third-order valence-electron chi connectivity index (χ3n) is 3.13. The smallest absolute Gasteiger partial charge is 0.222 e. The predicted molar refractivity (Wildman–Crippen MR) is 85.0 cm³/mol. The van der Waals surface area contributed by atoms with E-state index >= 15 is 0 Å². The molecule has 1 aromatic carbocycles. The second-order valence-corrected chi connectivity index (χ2v) is 4.91. The van der Waals surface area contributed by atoms with Gasteiger partial charge in [0.15, 0.2) is 5.82 Å². The highest BCUT2D eigenvalue weighted by atomic mass is 19.1. The number of pyridine rings is 1. The number of hydrogen-bond acceptors (Lipinski definition) is 4. The lowest BCUT2D eigenvalue weighted by molar-refractivity contribution is -0.114. The van der Waals surface area contributed by atoms with Crippen molar-refractivity contribution in [3.05, 3.63) is 60.8 Å². The Morgan fingerprint density at radius 3 is 2.52 bits per heavy atom. The summed E-state index contributed by atoms with van der Waals surface area (Å²) in [5.74, 6) is -0.126. The summed E-state index contributed by atoms with van der Waals surface area (Å²) in [5, 5.41) is 2.56. The molecule has 0 atom stereocenters. The molecule has 1 N–H and O–H groups in total. The second-order valence-electron chi connectivity index (χ2n) is 4.91. The maximum absolute atomic E-state index is 13.3. The summed E-state index contributed by atoms with van der Waals surface area (Å²) in [7, 11) is 0. The molecule has 0 saturated heterocycles. The van der Waals surface area contributed by atoms with Gasteiger partial charge in [0.2, 0.25) is 5.91 Å². The fraction of sp³-hybridized carbons (Fsp3) is 0.0588. The lowest BCUT2D eigenvalue weighted by Crippen LogP contribution is -2.07. The summed E-state index contributed by atoms with van der Waals surface area (Å²) < 4.78 is 13.3. The van der Waals surface area contributed by atoms with Gasteiger partial charge in [0.1, 0.15) is 5.82 Å². The van der Waals surface area contributed by atoms with Crippen molar-refractivity contribution in [2.75, 3.05) is 5.32 Å². The number of nitrogens with one attached hydrogen (secondary N) is 1. The fourth-order valence-corrected chi connectivity index (χ4v) is 2.12. The van der Waals surface area contributed by atoms with Crippen LogP contribution >= 0.6 is 0 Å². The maximum Gasteiger partial charge on any atom is 0.222 e. The van der Waals surface area contributed by atoms with Crippen molar-refractivity contribution in [1.82, 2.24) is 15.0 Å². The van der Waals surface area contributed by atoms with Crippen LogP contribution in [0, 0.1) is 5.82 Å². The van der Waals surface area contributed by atoms with Gasteiger partial charge < -0.3 is 5.32 Å². The number of rotatable bonds is 3. The van der Waals surface area contributed by atoms with Crippen LogP contribution in [-0.2, 0) is 4.79 Å². The highest BCUT2D eigenvalue weighted by Crippen LogP contribution is 2.23. The van der Waals surface area contributed by atoms with Crippen LogP contribution < -0.4 is 5.32 Å². The molecule has 2 aromatic heterocycles. The molecule has 5 nitrogen and oxygen atoms in total. The van der Waals surface area contributed by atoms with Crippen LogP contribution in [0.25, 0.3) is 22.5 Å². The van der Waals surface area contributed by atoms with E-state index in [9.17, 15) is 9.18 Å². The summed E-state index contributed by atoms with van der Waals surface area (Å²) >= 11 is 0. The predicted octanol–water partition coefficient (Wildman–Crippen LogP) is 3.30. The molecule has 0 spiro atoms. The highest BCUT2D eigenvalue weighted by Gasteiger charge is 2.06. The van der Waals surface area contributed by atoms with Gasteiger partial charge in [-0.3, -0.25) is 14.8 Å². The minimum absolute atomic E-state index is 0.204. The Kier molecular flexibility index (Phi) is 4.05. The molecule has 1 amide bonds. The zero-order chi connectivity index (χ0) is 16.2. The first-order chi connectivity index (χ1) is 11.1. The van der Waals surface area contributed by atoms with Gasteiger partial charge in [-0.05, 0) is 24.3 Å². The van der Waals surface area contributed by atoms with Gasteiger partial charge in [-0.25, -0.2) is 9.37 Å². The van der Waals surface area contributed by atoms with Crippen molar-refractivity contribution in [3.63, 3.8) is 0 Å². The van der Waals surface area contributed by atoms with E-state index in [4.69, 9.17) is 0 Å². The number of carbonyl (C=O) groups is 1. The van der Waals surface area contributed by atoms with Gasteiger partial charge in [0, 0.05) is 24.2 Å². The van der Waals surface area contributed by atoms with Crippen LogP contribution in [-0.4, -0.2) is 20.9 Å². The molecule has 23 heavy (non-hydrogen) atoms. The molecule has 0 aliphatic heterocycles. The standard InChI is InChI=1S/C17H13FN4O/c1-11(23)22-17-10-20-16(9-21-17)13-5-6-19-15(8-13)12-3-2-4-14(18)7-12/h2-10H,1H3,(H,21,22,23). The molecule has 0 fully saturated rings. The number of nitrogens with zero attached hydrogens (tertiary/aromatic N) is 3. The quantitative estimate of drug-likeness (QED) is 0.806. The molecule has 0 saturated carbocycles. The first-order valence-corrected chi connectivity index (χ1v) is 6.94. The van der Waals surface area contributed by atoms with Gasteiger partial charge in [-0.15, -0.1) is 0 Å². The Morgan fingerprint density at radius 1 is 1.00 bits per heavy atom. The monoisotopic (exact) mass is 308 g/mol. The molecule has 0 radical (unpaired) electrons. The van der Waals surface area contributed by atoms with Gasteiger partial charge in [-0.1, -0.05) is 12.1 Å². The van der Waals surface area contributed by atoms with Gasteiger partial charge in [0.05, 0.1) is 23.8 Å². The number of carbonyl (C=O) groups excluding carboxylic acids is 1. The molecule has 0 bridgehead atoms. The van der Waals surface area contributed by atoms with Crippen molar-refractivity contribution in [1.29, 1.82) is 0 Å². The summed E-state index contributed by atoms with van der Waals surface area (Å²) in [6.07, 6.45) is 4.69. The van der Waals surface area contributed by atoms with Gasteiger partial charge in [-0.2, -0.15) is 0 Å². The first-order valence-electron chi connectivity index (χ1n) is 6.94. The number of amides is 1. The molecule has 3 rings (SSSR count). The number of anilines is 1. The maximum atomic E-state index is 13.3. The first kappa shape index (κ1) is 14.8. The Bertz CT molecular complexity index is 849. The number of hydrogen-bond donors (Lipinski definition) is 1. The van der Waals surface area contributed by atoms with Crippen LogP contribution in [0.15, 0.2) is 55.0 Å². The summed E-state index contributed by atoms with van der Waals surface area (Å²) in [5.41, 5.74) is 2.78. The molecule has 0 aliphatic carbocycles. The van der Waals surface area contributed by atoms with Crippen LogP contribution in [0.4, 0.5) is 10.2 Å². The van der Waals surface area contributed by atoms with E-state index in [1.165, 1.54) is 25.3 Å². The summed E-state index contributed by atoms with van der Waals surface area (Å²) in [6.45, 7) is 1.41. The Morgan fingerprint density at radius 2 is 1.83 bits per heavy atom. The normalized spacial score (nSPS) is 10.3. The van der Waals surface area contributed by atoms with Crippen molar-refractivity contribution in [2.45, 2.75) is 6.92 Å². The summed E-state index contributed by atoms with van der Waals surface area (Å²) in [4.78, 5) is 23.7. The van der Waals surface area contributed by atoms with E-state index in [0.29, 0.717) is 22.8 Å². The Balaban J connectivity index is 1.92. The van der Waals surface area contributed by atoms with Gasteiger partial charge >= 0.3 is 0 Å². The van der Waals surface area contributed by atoms with E-state index in [2.05, 4.69) is 20.3 Å². The van der Waals surface area contributed by atoms with Crippen LogP contribution in [0.3, 0.4) is 0 Å². The lowest BCUT2D eigenvalue weighted by atomic mass is 10.1. The lowest BCUT2D eigenvalue weighted by Gasteiger charge is -2.06. The Labute approximate surface area is 132 Å². The van der Waals surface area contributed by atoms with Crippen molar-refractivity contribution < 1.29 is 9.18 Å². The number of benzene rings is 1. The van der Waals surface area contributed by atoms with E-state index in [0.717, 1.165) is 5.56 Å². The largest absolute Gasteiger partial charge is 0.310 e. The Hall–Kier alpha value is -3.15. The van der Waals surface area contributed by atoms with E-state index in [-0.39, 0.29) is 11.7 Å².